The van der Waals surface area contributed by atoms with Gasteiger partial charge in [0, 0.05) is 62.2 Å². The average molecular weight is 790 g/mol. The maximum absolute atomic E-state index is 15.0. The van der Waals surface area contributed by atoms with Crippen LogP contribution in [0.25, 0.3) is 11.3 Å². The first-order valence-electron chi connectivity index (χ1n) is 19.4. The predicted octanol–water partition coefficient (Wildman–Crippen LogP) is 6.10. The number of halogens is 1. The fraction of sp³-hybridized carbons (Fsp3) is 0.381. The number of aromatic nitrogens is 5. The minimum absolute atomic E-state index is 0.0641. The largest absolute Gasteiger partial charge is 0.365 e. The van der Waals surface area contributed by atoms with Crippen molar-refractivity contribution in [2.75, 3.05) is 47.8 Å². The van der Waals surface area contributed by atoms with Crippen LogP contribution in [-0.2, 0) is 16.6 Å². The maximum atomic E-state index is 15.0. The molecule has 0 radical (unpaired) electrons. The Morgan fingerprint density at radius 2 is 1.84 bits per heavy atom. The number of carbonyl (C=O) groups is 3. The second-order valence-corrected chi connectivity index (χ2v) is 15.9. The number of nitrogens with one attached hydrogen (secondary N) is 3. The lowest BCUT2D eigenvalue weighted by molar-refractivity contribution is -0.120. The molecule has 4 amide bonds. The van der Waals surface area contributed by atoms with E-state index in [0.29, 0.717) is 23.9 Å². The molecule has 3 N–H and O–H groups in total. The molecule has 2 fully saturated rings. The molecule has 5 aromatic rings. The van der Waals surface area contributed by atoms with Gasteiger partial charge < -0.3 is 20.1 Å². The van der Waals surface area contributed by atoms with E-state index < -0.39 is 17.8 Å². The monoisotopic (exact) mass is 789 g/mol. The Bertz CT molecular complexity index is 2310. The van der Waals surface area contributed by atoms with Gasteiger partial charge in [0.25, 0.3) is 0 Å². The number of amides is 4. The molecule has 2 aromatic carbocycles. The van der Waals surface area contributed by atoms with Gasteiger partial charge in [0.05, 0.1) is 29.3 Å². The van der Waals surface area contributed by atoms with Crippen LogP contribution in [0.2, 0.25) is 0 Å². The molecule has 5 heterocycles. The van der Waals surface area contributed by atoms with Crippen LogP contribution in [0.15, 0.2) is 71.6 Å². The highest BCUT2D eigenvalue weighted by Gasteiger charge is 2.28. The van der Waals surface area contributed by atoms with Gasteiger partial charge in [-0.2, -0.15) is 4.98 Å². The van der Waals surface area contributed by atoms with E-state index in [1.165, 1.54) is 17.3 Å². The number of hydrogen-bond donors (Lipinski definition) is 3. The van der Waals surface area contributed by atoms with Gasteiger partial charge in [0.1, 0.15) is 23.8 Å². The van der Waals surface area contributed by atoms with Gasteiger partial charge in [-0.1, -0.05) is 44.1 Å². The molecule has 7 rings (SSSR count). The molecule has 3 aromatic heterocycles. The van der Waals surface area contributed by atoms with E-state index in [-0.39, 0.29) is 47.9 Å². The number of urea groups is 1. The third kappa shape index (κ3) is 9.12. The molecule has 15 nitrogen and oxygen atoms in total. The van der Waals surface area contributed by atoms with Crippen molar-refractivity contribution in [1.82, 2.24) is 40.6 Å². The third-order valence-electron chi connectivity index (χ3n) is 10.5. The number of hydrogen-bond acceptors (Lipinski definition) is 12. The average Bonchev–Trinajstić information content (AvgIpc) is 3.70. The Balaban J connectivity index is 0.907. The first-order valence-corrected chi connectivity index (χ1v) is 19.4. The minimum atomic E-state index is -0.597. The van der Waals surface area contributed by atoms with E-state index >= 15 is 0 Å². The predicted molar refractivity (Wildman–Crippen MR) is 217 cm³/mol. The minimum Gasteiger partial charge on any atom is -0.365 e. The van der Waals surface area contributed by atoms with Gasteiger partial charge in [-0.3, -0.25) is 24.7 Å². The molecule has 0 bridgehead atoms. The third-order valence-corrected chi connectivity index (χ3v) is 10.5. The van der Waals surface area contributed by atoms with Crippen molar-refractivity contribution in [2.24, 2.45) is 0 Å². The van der Waals surface area contributed by atoms with Gasteiger partial charge in [0.15, 0.2) is 5.82 Å². The van der Waals surface area contributed by atoms with Crippen LogP contribution >= 0.6 is 0 Å². The molecule has 2 aliphatic heterocycles. The summed E-state index contributed by atoms with van der Waals surface area (Å²) in [4.78, 5) is 60.3. The van der Waals surface area contributed by atoms with Crippen molar-refractivity contribution in [3.63, 3.8) is 0 Å². The summed E-state index contributed by atoms with van der Waals surface area (Å²) in [5, 5.41) is 12.4. The quantitative estimate of drug-likeness (QED) is 0.141. The van der Waals surface area contributed by atoms with Gasteiger partial charge in [-0.05, 0) is 74.2 Å². The Morgan fingerprint density at radius 3 is 2.53 bits per heavy atom. The van der Waals surface area contributed by atoms with E-state index in [1.54, 1.807) is 6.07 Å². The number of aryl methyl sites for hydroxylation is 1. The maximum Gasteiger partial charge on any atom is 0.328 e. The zero-order chi connectivity index (χ0) is 41.1. The Kier molecular flexibility index (Phi) is 11.5. The fourth-order valence-electron chi connectivity index (χ4n) is 7.25. The van der Waals surface area contributed by atoms with Crippen molar-refractivity contribution in [2.45, 2.75) is 71.9 Å². The summed E-state index contributed by atoms with van der Waals surface area (Å²) in [5.74, 6) is 0.415. The van der Waals surface area contributed by atoms with Crippen LogP contribution in [0, 0.1) is 12.7 Å². The number of pyridine rings is 1. The molecule has 16 heteroatoms. The summed E-state index contributed by atoms with van der Waals surface area (Å²) in [6.45, 7) is 15.4. The van der Waals surface area contributed by atoms with Crippen LogP contribution in [0.3, 0.4) is 0 Å². The lowest BCUT2D eigenvalue weighted by Crippen LogP contribution is -2.52. The highest BCUT2D eigenvalue weighted by molar-refractivity contribution is 6.05. The normalized spacial score (nSPS) is 16.9. The van der Waals surface area contributed by atoms with E-state index in [1.807, 2.05) is 77.2 Å². The van der Waals surface area contributed by atoms with Crippen molar-refractivity contribution in [3.8, 4) is 11.3 Å². The molecule has 0 aliphatic carbocycles. The summed E-state index contributed by atoms with van der Waals surface area (Å²) < 4.78 is 20.2. The molecular weight excluding hydrogens is 742 g/mol. The van der Waals surface area contributed by atoms with Crippen molar-refractivity contribution < 1.29 is 23.3 Å². The first kappa shape index (κ1) is 39.9. The summed E-state index contributed by atoms with van der Waals surface area (Å²) in [6.07, 6.45) is 4.20. The fourth-order valence-corrected chi connectivity index (χ4v) is 7.25. The number of rotatable bonds is 11. The molecule has 2 aliphatic rings. The number of imide groups is 1. The van der Waals surface area contributed by atoms with Crippen molar-refractivity contribution in [3.05, 3.63) is 101 Å². The number of nitrogens with zero attached hydrogens (tertiary/aromatic N) is 8. The van der Waals surface area contributed by atoms with Crippen LogP contribution in [0.5, 0.6) is 0 Å². The van der Waals surface area contributed by atoms with E-state index in [4.69, 9.17) is 4.52 Å². The van der Waals surface area contributed by atoms with Gasteiger partial charge >= 0.3 is 17.8 Å². The molecule has 58 heavy (non-hydrogen) atoms. The van der Waals surface area contributed by atoms with Gasteiger partial charge in [-0.15, -0.1) is 0 Å². The van der Waals surface area contributed by atoms with Crippen LogP contribution in [0.4, 0.5) is 32.2 Å². The summed E-state index contributed by atoms with van der Waals surface area (Å²) in [6, 6.07) is 16.1. The SMILES string of the molecule is Cc1cc(-c2cc(Nc3ccc(N4CCN(CCc5ccc(N6CCC(=O)NC6=O)c(F)c5)C[C@H]4C)cn3)ncn2)ccc1[C@@H](C)NC(=O)c1nc(C(C)(C)C)no1. The number of anilines is 4. The van der Waals surface area contributed by atoms with Crippen LogP contribution < -0.4 is 25.8 Å². The number of piperazine rings is 1. The Labute approximate surface area is 336 Å². The van der Waals surface area contributed by atoms with E-state index in [2.05, 4.69) is 63.8 Å². The molecule has 0 spiro atoms. The van der Waals surface area contributed by atoms with E-state index in [0.717, 1.165) is 59.8 Å². The smallest absolute Gasteiger partial charge is 0.328 e. The zero-order valence-electron chi connectivity index (χ0n) is 33.5. The molecular formula is C42H48FN11O4. The molecule has 2 atom stereocenters. The highest BCUT2D eigenvalue weighted by Crippen LogP contribution is 2.28. The lowest BCUT2D eigenvalue weighted by Gasteiger charge is -2.41. The highest BCUT2D eigenvalue weighted by atomic mass is 19.1. The number of benzene rings is 2. The molecule has 0 unspecified atom stereocenters. The summed E-state index contributed by atoms with van der Waals surface area (Å²) >= 11 is 0. The summed E-state index contributed by atoms with van der Waals surface area (Å²) in [5.41, 5.74) is 5.30. The standard InChI is InChI=1S/C42H48FN11O4/c1-25-19-29(8-10-31(25)27(3)47-38(56)39-50-40(51-58-39)42(4,5)6)33-21-36(46-24-45-33)48-35-12-9-30(22-44-35)53-18-17-52(23-26(53)2)15-13-28-7-11-34(32(43)20-28)54-16-14-37(55)49-41(54)57/h7-12,19-22,24,26-27H,13-18,23H2,1-6H3,(H,47,56)(H,49,55,57)(H,44,45,46,48)/t26-,27-/m1/s1. The van der Waals surface area contributed by atoms with Crippen molar-refractivity contribution in [1.29, 1.82) is 0 Å². The lowest BCUT2D eigenvalue weighted by atomic mass is 9.96. The van der Waals surface area contributed by atoms with Crippen LogP contribution in [-0.4, -0.2) is 86.6 Å². The number of carbonyl (C=O) groups excluding carboxylic acids is 3. The van der Waals surface area contributed by atoms with E-state index in [9.17, 15) is 18.8 Å². The summed E-state index contributed by atoms with van der Waals surface area (Å²) in [7, 11) is 0. The van der Waals surface area contributed by atoms with Crippen molar-refractivity contribution >= 4 is 40.9 Å². The van der Waals surface area contributed by atoms with Gasteiger partial charge in [0.2, 0.25) is 5.91 Å². The Morgan fingerprint density at radius 1 is 1.02 bits per heavy atom. The zero-order valence-corrected chi connectivity index (χ0v) is 33.5. The molecule has 0 saturated carbocycles. The second kappa shape index (κ2) is 16.7. The van der Waals surface area contributed by atoms with Gasteiger partial charge in [-0.25, -0.2) is 24.1 Å². The molecule has 302 valence electrons. The topological polar surface area (TPSA) is 175 Å². The van der Waals surface area contributed by atoms with Crippen LogP contribution in [0.1, 0.15) is 80.3 Å². The first-order chi connectivity index (χ1) is 27.7. The second-order valence-electron chi connectivity index (χ2n) is 15.9. The Hall–Kier alpha value is -6.29. The molecule has 2 saturated heterocycles.